The van der Waals surface area contributed by atoms with Gasteiger partial charge in [0.2, 0.25) is 0 Å². The number of hydrogen-bond donors (Lipinski definition) is 1. The Morgan fingerprint density at radius 3 is 2.67 bits per heavy atom. The van der Waals surface area contributed by atoms with Gasteiger partial charge in [-0.2, -0.15) is 5.10 Å². The molecule has 2 aromatic rings. The number of piperazine rings is 1. The molecule has 0 amide bonds. The number of rotatable bonds is 2. The number of aryl methyl sites for hydroxylation is 1. The van der Waals surface area contributed by atoms with Gasteiger partial charge in [0.25, 0.3) is 0 Å². The van der Waals surface area contributed by atoms with E-state index in [0.717, 1.165) is 43.5 Å². The molecule has 0 unspecified atom stereocenters. The molecule has 0 atom stereocenters. The maximum Gasteiger partial charge on any atom is 0.158 e. The lowest BCUT2D eigenvalue weighted by atomic mass is 10.3. The number of nitrogens with one attached hydrogen (secondary N) is 1. The molecule has 18 heavy (non-hydrogen) atoms. The highest BCUT2D eigenvalue weighted by molar-refractivity contribution is 5.43. The van der Waals surface area contributed by atoms with E-state index in [1.165, 1.54) is 0 Å². The van der Waals surface area contributed by atoms with Crippen LogP contribution >= 0.6 is 0 Å². The number of nitrogens with zero attached hydrogens (tertiary/aromatic N) is 5. The van der Waals surface area contributed by atoms with Gasteiger partial charge >= 0.3 is 0 Å². The van der Waals surface area contributed by atoms with Gasteiger partial charge in [0, 0.05) is 38.4 Å². The molecule has 6 nitrogen and oxygen atoms in total. The van der Waals surface area contributed by atoms with Crippen LogP contribution < -0.4 is 10.2 Å². The summed E-state index contributed by atoms with van der Waals surface area (Å²) < 4.78 is 1.78. The average Bonchev–Trinajstić information content (AvgIpc) is 2.87. The minimum atomic E-state index is 0.812. The van der Waals surface area contributed by atoms with Gasteiger partial charge in [0.1, 0.15) is 12.1 Å². The molecule has 0 radical (unpaired) electrons. The fraction of sp³-hybridized carbons (Fsp3) is 0.417. The molecule has 0 saturated carbocycles. The van der Waals surface area contributed by atoms with Crippen molar-refractivity contribution in [1.82, 2.24) is 25.1 Å². The van der Waals surface area contributed by atoms with E-state index in [1.807, 2.05) is 25.3 Å². The van der Waals surface area contributed by atoms with Crippen molar-refractivity contribution in [2.24, 2.45) is 0 Å². The molecule has 94 valence electrons. The molecule has 1 saturated heterocycles. The second-order valence-electron chi connectivity index (χ2n) is 4.37. The second kappa shape index (κ2) is 4.73. The summed E-state index contributed by atoms with van der Waals surface area (Å²) in [4.78, 5) is 10.9. The first-order valence-corrected chi connectivity index (χ1v) is 6.13. The van der Waals surface area contributed by atoms with Gasteiger partial charge in [0.05, 0.1) is 5.69 Å². The Morgan fingerprint density at radius 2 is 1.94 bits per heavy atom. The van der Waals surface area contributed by atoms with Crippen molar-refractivity contribution in [3.63, 3.8) is 0 Å². The second-order valence-corrected chi connectivity index (χ2v) is 4.37. The molecule has 1 fully saturated rings. The van der Waals surface area contributed by atoms with Crippen molar-refractivity contribution < 1.29 is 0 Å². The first-order chi connectivity index (χ1) is 8.83. The zero-order valence-corrected chi connectivity index (χ0v) is 10.4. The van der Waals surface area contributed by atoms with Crippen molar-refractivity contribution >= 4 is 5.82 Å². The van der Waals surface area contributed by atoms with Crippen molar-refractivity contribution in [1.29, 1.82) is 0 Å². The normalized spacial score (nSPS) is 15.9. The summed E-state index contributed by atoms with van der Waals surface area (Å²) in [5, 5.41) is 7.69. The summed E-state index contributed by atoms with van der Waals surface area (Å²) in [5.41, 5.74) is 0.984. The molecule has 2 aromatic heterocycles. The van der Waals surface area contributed by atoms with Crippen LogP contribution in [0.5, 0.6) is 0 Å². The van der Waals surface area contributed by atoms with E-state index in [2.05, 4.69) is 25.3 Å². The predicted molar refractivity (Wildman–Crippen MR) is 69.0 cm³/mol. The zero-order chi connectivity index (χ0) is 12.4. The minimum absolute atomic E-state index is 0.812. The summed E-state index contributed by atoms with van der Waals surface area (Å²) in [6, 6.07) is 3.95. The smallest absolute Gasteiger partial charge is 0.158 e. The summed E-state index contributed by atoms with van der Waals surface area (Å²) in [6.07, 6.45) is 3.52. The van der Waals surface area contributed by atoms with Gasteiger partial charge < -0.3 is 10.2 Å². The van der Waals surface area contributed by atoms with E-state index >= 15 is 0 Å². The SMILES string of the molecule is Cc1ccn(-c2cc(N3CCNCC3)ncn2)n1. The van der Waals surface area contributed by atoms with Crippen LogP contribution in [-0.4, -0.2) is 45.9 Å². The molecule has 1 N–H and O–H groups in total. The fourth-order valence-corrected chi connectivity index (χ4v) is 2.07. The Kier molecular flexibility index (Phi) is 2.93. The van der Waals surface area contributed by atoms with Gasteiger partial charge in [0.15, 0.2) is 5.82 Å². The van der Waals surface area contributed by atoms with E-state index in [4.69, 9.17) is 0 Å². The van der Waals surface area contributed by atoms with Crippen molar-refractivity contribution in [3.05, 3.63) is 30.4 Å². The third kappa shape index (κ3) is 2.19. The van der Waals surface area contributed by atoms with E-state index < -0.39 is 0 Å². The molecule has 0 aliphatic carbocycles. The molecular weight excluding hydrogens is 228 g/mol. The van der Waals surface area contributed by atoms with Crippen molar-refractivity contribution in [2.75, 3.05) is 31.1 Å². The van der Waals surface area contributed by atoms with Crippen molar-refractivity contribution in [2.45, 2.75) is 6.92 Å². The topological polar surface area (TPSA) is 58.9 Å². The Bertz CT molecular complexity index is 529. The van der Waals surface area contributed by atoms with Crippen LogP contribution in [0.1, 0.15) is 5.69 Å². The first-order valence-electron chi connectivity index (χ1n) is 6.13. The minimum Gasteiger partial charge on any atom is -0.354 e. The molecular formula is C12H16N6. The van der Waals surface area contributed by atoms with Crippen LogP contribution in [-0.2, 0) is 0 Å². The molecule has 0 aromatic carbocycles. The molecule has 0 spiro atoms. The monoisotopic (exact) mass is 244 g/mol. The van der Waals surface area contributed by atoms with Gasteiger partial charge in [-0.25, -0.2) is 14.6 Å². The molecule has 0 bridgehead atoms. The van der Waals surface area contributed by atoms with Crippen LogP contribution in [0.3, 0.4) is 0 Å². The van der Waals surface area contributed by atoms with Crippen LogP contribution in [0.25, 0.3) is 5.82 Å². The van der Waals surface area contributed by atoms with Gasteiger partial charge in [-0.3, -0.25) is 0 Å². The highest BCUT2D eigenvalue weighted by atomic mass is 15.3. The van der Waals surface area contributed by atoms with Gasteiger partial charge in [-0.15, -0.1) is 0 Å². The maximum atomic E-state index is 4.36. The van der Waals surface area contributed by atoms with Gasteiger partial charge in [-0.1, -0.05) is 0 Å². The lowest BCUT2D eigenvalue weighted by Gasteiger charge is -2.28. The van der Waals surface area contributed by atoms with E-state index in [0.29, 0.717) is 0 Å². The quantitative estimate of drug-likeness (QED) is 0.827. The van der Waals surface area contributed by atoms with E-state index in [9.17, 15) is 0 Å². The van der Waals surface area contributed by atoms with E-state index in [1.54, 1.807) is 11.0 Å². The lowest BCUT2D eigenvalue weighted by molar-refractivity contribution is 0.584. The van der Waals surface area contributed by atoms with Crippen LogP contribution in [0, 0.1) is 6.92 Å². The third-order valence-electron chi connectivity index (χ3n) is 3.04. The Balaban J connectivity index is 1.88. The first kappa shape index (κ1) is 11.2. The maximum absolute atomic E-state index is 4.36. The third-order valence-corrected chi connectivity index (χ3v) is 3.04. The summed E-state index contributed by atoms with van der Waals surface area (Å²) in [6.45, 7) is 5.93. The average molecular weight is 244 g/mol. The molecule has 3 heterocycles. The zero-order valence-electron chi connectivity index (χ0n) is 10.4. The van der Waals surface area contributed by atoms with E-state index in [-0.39, 0.29) is 0 Å². The summed E-state index contributed by atoms with van der Waals surface area (Å²) in [7, 11) is 0. The van der Waals surface area contributed by atoms with Crippen LogP contribution in [0.15, 0.2) is 24.7 Å². The Morgan fingerprint density at radius 1 is 1.17 bits per heavy atom. The lowest BCUT2D eigenvalue weighted by Crippen LogP contribution is -2.43. The Hall–Kier alpha value is -1.95. The molecule has 3 rings (SSSR count). The number of aromatic nitrogens is 4. The standard InChI is InChI=1S/C12H16N6/c1-10-2-5-18(16-10)12-8-11(14-9-15-12)17-6-3-13-4-7-17/h2,5,8-9,13H,3-4,6-7H2,1H3. The largest absolute Gasteiger partial charge is 0.354 e. The number of anilines is 1. The van der Waals surface area contributed by atoms with Gasteiger partial charge in [-0.05, 0) is 13.0 Å². The predicted octanol–water partition coefficient (Wildman–Crippen LogP) is 0.380. The van der Waals surface area contributed by atoms with Crippen LogP contribution in [0.4, 0.5) is 5.82 Å². The number of hydrogen-bond acceptors (Lipinski definition) is 5. The summed E-state index contributed by atoms with van der Waals surface area (Å²) in [5.74, 6) is 1.78. The molecule has 1 aliphatic rings. The fourth-order valence-electron chi connectivity index (χ4n) is 2.07. The molecule has 6 heteroatoms. The summed E-state index contributed by atoms with van der Waals surface area (Å²) >= 11 is 0. The van der Waals surface area contributed by atoms with Crippen molar-refractivity contribution in [3.8, 4) is 5.82 Å². The molecule has 1 aliphatic heterocycles. The highest BCUT2D eigenvalue weighted by Gasteiger charge is 2.12. The highest BCUT2D eigenvalue weighted by Crippen LogP contribution is 2.14. The van der Waals surface area contributed by atoms with Crippen LogP contribution in [0.2, 0.25) is 0 Å². The Labute approximate surface area is 106 Å².